The minimum absolute atomic E-state index is 0.0373. The molecule has 2 aromatic heterocycles. The highest BCUT2D eigenvalue weighted by Crippen LogP contribution is 2.14. The summed E-state index contributed by atoms with van der Waals surface area (Å²) in [6.45, 7) is 1.67. The first-order valence-electron chi connectivity index (χ1n) is 6.98. The van der Waals surface area contributed by atoms with Crippen molar-refractivity contribution >= 4 is 12.0 Å². The highest BCUT2D eigenvalue weighted by atomic mass is 19.1. The van der Waals surface area contributed by atoms with Crippen molar-refractivity contribution < 1.29 is 13.9 Å². The Bertz CT molecular complexity index is 856. The standard InChI is InChI=1S/C16H12FN5O2/c1-10-19-14(13-4-2-3-9-18-13)21-15(20-10)22-16(23)24-12-7-5-11(17)6-8-12/h2-9H,1H3,(H,19,20,21,22,23). The van der Waals surface area contributed by atoms with Crippen LogP contribution in [0.25, 0.3) is 11.5 Å². The Morgan fingerprint density at radius 1 is 1.08 bits per heavy atom. The van der Waals surface area contributed by atoms with Gasteiger partial charge in [0.05, 0.1) is 0 Å². The van der Waals surface area contributed by atoms with Crippen LogP contribution in [0.2, 0.25) is 0 Å². The summed E-state index contributed by atoms with van der Waals surface area (Å²) in [5, 5.41) is 2.41. The second-order valence-electron chi connectivity index (χ2n) is 4.71. The van der Waals surface area contributed by atoms with Crippen LogP contribution in [-0.4, -0.2) is 26.0 Å². The molecule has 0 radical (unpaired) electrons. The number of hydrogen-bond acceptors (Lipinski definition) is 6. The van der Waals surface area contributed by atoms with Crippen LogP contribution in [0.4, 0.5) is 15.1 Å². The fraction of sp³-hybridized carbons (Fsp3) is 0.0625. The summed E-state index contributed by atoms with van der Waals surface area (Å²) in [4.78, 5) is 28.4. The molecule has 0 unspecified atom stereocenters. The minimum Gasteiger partial charge on any atom is -0.410 e. The van der Waals surface area contributed by atoms with Crippen LogP contribution in [-0.2, 0) is 0 Å². The summed E-state index contributed by atoms with van der Waals surface area (Å²) < 4.78 is 17.9. The average Bonchev–Trinajstić information content (AvgIpc) is 2.57. The molecule has 0 fully saturated rings. The van der Waals surface area contributed by atoms with Gasteiger partial charge in [-0.05, 0) is 43.3 Å². The Morgan fingerprint density at radius 2 is 1.88 bits per heavy atom. The normalized spacial score (nSPS) is 10.2. The van der Waals surface area contributed by atoms with E-state index >= 15 is 0 Å². The number of aromatic nitrogens is 4. The van der Waals surface area contributed by atoms with Crippen molar-refractivity contribution in [1.82, 2.24) is 19.9 Å². The van der Waals surface area contributed by atoms with Gasteiger partial charge in [0, 0.05) is 6.20 Å². The first-order valence-corrected chi connectivity index (χ1v) is 6.98. The van der Waals surface area contributed by atoms with Gasteiger partial charge in [-0.25, -0.2) is 14.2 Å². The predicted molar refractivity (Wildman–Crippen MR) is 83.8 cm³/mol. The number of benzene rings is 1. The third-order valence-electron chi connectivity index (χ3n) is 2.88. The topological polar surface area (TPSA) is 89.9 Å². The highest BCUT2D eigenvalue weighted by molar-refractivity contribution is 5.84. The number of rotatable bonds is 3. The number of carbonyl (C=O) groups excluding carboxylic acids is 1. The molecule has 0 saturated carbocycles. The number of ether oxygens (including phenoxy) is 1. The largest absolute Gasteiger partial charge is 0.419 e. The van der Waals surface area contributed by atoms with Crippen molar-refractivity contribution in [3.8, 4) is 17.3 Å². The van der Waals surface area contributed by atoms with Crippen molar-refractivity contribution in [2.24, 2.45) is 0 Å². The van der Waals surface area contributed by atoms with E-state index in [-0.39, 0.29) is 11.7 Å². The molecule has 0 atom stereocenters. The lowest BCUT2D eigenvalue weighted by Crippen LogP contribution is -2.19. The molecule has 3 aromatic rings. The maximum absolute atomic E-state index is 12.8. The second kappa shape index (κ2) is 6.78. The third kappa shape index (κ3) is 3.86. The number of anilines is 1. The zero-order valence-corrected chi connectivity index (χ0v) is 12.6. The van der Waals surface area contributed by atoms with E-state index in [1.807, 2.05) is 0 Å². The van der Waals surface area contributed by atoms with Crippen LogP contribution in [0.1, 0.15) is 5.82 Å². The number of nitrogens with zero attached hydrogens (tertiary/aromatic N) is 4. The van der Waals surface area contributed by atoms with E-state index in [9.17, 15) is 9.18 Å². The van der Waals surface area contributed by atoms with E-state index < -0.39 is 11.9 Å². The molecular weight excluding hydrogens is 313 g/mol. The Balaban J connectivity index is 1.76. The van der Waals surface area contributed by atoms with E-state index in [1.54, 1.807) is 31.3 Å². The Hall–Kier alpha value is -3.42. The van der Waals surface area contributed by atoms with Gasteiger partial charge in [0.25, 0.3) is 0 Å². The number of nitrogens with one attached hydrogen (secondary N) is 1. The fourth-order valence-electron chi connectivity index (χ4n) is 1.87. The van der Waals surface area contributed by atoms with Crippen LogP contribution < -0.4 is 10.1 Å². The van der Waals surface area contributed by atoms with E-state index in [4.69, 9.17) is 4.74 Å². The first kappa shape index (κ1) is 15.5. The maximum Gasteiger partial charge on any atom is 0.419 e. The molecule has 0 bridgehead atoms. The predicted octanol–water partition coefficient (Wildman–Crippen LogP) is 2.99. The first-order chi connectivity index (χ1) is 11.6. The molecule has 120 valence electrons. The quantitative estimate of drug-likeness (QED) is 0.796. The van der Waals surface area contributed by atoms with Gasteiger partial charge >= 0.3 is 6.09 Å². The van der Waals surface area contributed by atoms with Gasteiger partial charge in [-0.3, -0.25) is 10.3 Å². The third-order valence-corrected chi connectivity index (χ3v) is 2.88. The summed E-state index contributed by atoms with van der Waals surface area (Å²) >= 11 is 0. The van der Waals surface area contributed by atoms with E-state index in [0.717, 1.165) is 0 Å². The molecule has 0 aliphatic rings. The number of pyridine rings is 1. The van der Waals surface area contributed by atoms with Crippen LogP contribution in [0.15, 0.2) is 48.7 Å². The van der Waals surface area contributed by atoms with Gasteiger partial charge in [0.2, 0.25) is 5.95 Å². The molecule has 0 aliphatic carbocycles. The van der Waals surface area contributed by atoms with Gasteiger partial charge in [-0.1, -0.05) is 6.07 Å². The average molecular weight is 325 g/mol. The number of carbonyl (C=O) groups is 1. The molecule has 1 amide bonds. The Morgan fingerprint density at radius 3 is 2.58 bits per heavy atom. The molecule has 24 heavy (non-hydrogen) atoms. The van der Waals surface area contributed by atoms with Gasteiger partial charge in [0.1, 0.15) is 23.1 Å². The summed E-state index contributed by atoms with van der Waals surface area (Å²) in [5.41, 5.74) is 0.554. The van der Waals surface area contributed by atoms with Gasteiger partial charge in [-0.2, -0.15) is 9.97 Å². The summed E-state index contributed by atoms with van der Waals surface area (Å²) in [6.07, 6.45) is 0.823. The number of halogens is 1. The zero-order chi connectivity index (χ0) is 16.9. The Labute approximate surface area is 136 Å². The minimum atomic E-state index is -0.792. The fourth-order valence-corrected chi connectivity index (χ4v) is 1.87. The second-order valence-corrected chi connectivity index (χ2v) is 4.71. The van der Waals surface area contributed by atoms with E-state index in [0.29, 0.717) is 17.3 Å². The lowest BCUT2D eigenvalue weighted by Gasteiger charge is -2.07. The van der Waals surface area contributed by atoms with Crippen molar-refractivity contribution in [2.75, 3.05) is 5.32 Å². The van der Waals surface area contributed by atoms with E-state index in [2.05, 4.69) is 25.3 Å². The van der Waals surface area contributed by atoms with Crippen molar-refractivity contribution in [2.45, 2.75) is 6.92 Å². The lowest BCUT2D eigenvalue weighted by molar-refractivity contribution is 0.215. The van der Waals surface area contributed by atoms with Crippen LogP contribution >= 0.6 is 0 Å². The van der Waals surface area contributed by atoms with Crippen LogP contribution in [0, 0.1) is 12.7 Å². The lowest BCUT2D eigenvalue weighted by atomic mass is 10.3. The molecule has 7 nitrogen and oxygen atoms in total. The van der Waals surface area contributed by atoms with Crippen molar-refractivity contribution in [3.63, 3.8) is 0 Å². The molecule has 8 heteroatoms. The maximum atomic E-state index is 12.8. The molecule has 0 spiro atoms. The summed E-state index contributed by atoms with van der Waals surface area (Å²) in [5.74, 6) is 0.568. The molecule has 0 aliphatic heterocycles. The molecule has 2 heterocycles. The molecule has 1 aromatic carbocycles. The van der Waals surface area contributed by atoms with Gasteiger partial charge in [-0.15, -0.1) is 0 Å². The SMILES string of the molecule is Cc1nc(NC(=O)Oc2ccc(F)cc2)nc(-c2ccccn2)n1. The highest BCUT2D eigenvalue weighted by Gasteiger charge is 2.11. The number of amides is 1. The summed E-state index contributed by atoms with van der Waals surface area (Å²) in [7, 11) is 0. The number of hydrogen-bond donors (Lipinski definition) is 1. The molecule has 3 rings (SSSR count). The zero-order valence-electron chi connectivity index (χ0n) is 12.6. The Kier molecular flexibility index (Phi) is 4.37. The number of aryl methyl sites for hydroxylation is 1. The van der Waals surface area contributed by atoms with Crippen molar-refractivity contribution in [1.29, 1.82) is 0 Å². The van der Waals surface area contributed by atoms with E-state index in [1.165, 1.54) is 24.3 Å². The van der Waals surface area contributed by atoms with Gasteiger partial charge < -0.3 is 4.74 Å². The van der Waals surface area contributed by atoms with Crippen LogP contribution in [0.5, 0.6) is 5.75 Å². The molecule has 1 N–H and O–H groups in total. The molecule has 0 saturated heterocycles. The smallest absolute Gasteiger partial charge is 0.410 e. The molecular formula is C16H12FN5O2. The van der Waals surface area contributed by atoms with Crippen LogP contribution in [0.3, 0.4) is 0 Å². The van der Waals surface area contributed by atoms with Gasteiger partial charge in [0.15, 0.2) is 5.82 Å². The van der Waals surface area contributed by atoms with Crippen molar-refractivity contribution in [3.05, 3.63) is 60.3 Å². The monoisotopic (exact) mass is 325 g/mol. The summed E-state index contributed by atoms with van der Waals surface area (Å²) in [6, 6.07) is 10.4.